The van der Waals surface area contributed by atoms with Gasteiger partial charge in [-0.2, -0.15) is 21.6 Å². The molecule has 0 saturated carbocycles. The van der Waals surface area contributed by atoms with Crippen LogP contribution in [0.4, 0.5) is 29.3 Å². The van der Waals surface area contributed by atoms with Crippen LogP contribution < -0.4 is 14.3 Å². The van der Waals surface area contributed by atoms with E-state index in [9.17, 15) is 39.6 Å². The van der Waals surface area contributed by atoms with Gasteiger partial charge in [-0.3, -0.25) is 14.5 Å². The molecule has 2 heterocycles. The lowest BCUT2D eigenvalue weighted by molar-refractivity contribution is -0.123. The Labute approximate surface area is 199 Å². The second-order valence-corrected chi connectivity index (χ2v) is 11.4. The number of pyridine rings is 1. The summed E-state index contributed by atoms with van der Waals surface area (Å²) in [5.41, 5.74) is -6.72. The number of nitrogens with one attached hydrogen (secondary N) is 2. The highest BCUT2D eigenvalue weighted by molar-refractivity contribution is 7.92. The zero-order chi connectivity index (χ0) is 26.4. The van der Waals surface area contributed by atoms with Crippen molar-refractivity contribution in [3.05, 3.63) is 48.3 Å². The second kappa shape index (κ2) is 8.76. The largest absolute Gasteiger partial charge is 0.501 e. The standard InChI is InChI=1S/C19H20F3N5O6S2/c1-18(2)16(28)27(13-4-6-14(7-5-13)34(30,31)19(20,21)22)17(29)26(18)11-12-8-9-24-10-15(12)25-35(32,33)23-3/h4-10,23,25H,11H2,1-3H3. The molecule has 190 valence electrons. The number of hydrogen-bond acceptors (Lipinski definition) is 7. The van der Waals surface area contributed by atoms with Gasteiger partial charge in [0, 0.05) is 13.2 Å². The number of benzene rings is 1. The number of carbonyl (C=O) groups excluding carboxylic acids is 2. The molecule has 3 rings (SSSR count). The van der Waals surface area contributed by atoms with Gasteiger partial charge in [-0.1, -0.05) is 0 Å². The molecule has 1 saturated heterocycles. The maximum atomic E-state index is 13.2. The minimum absolute atomic E-state index is 0.0538. The lowest BCUT2D eigenvalue weighted by Crippen LogP contribution is -2.43. The molecule has 1 aromatic heterocycles. The van der Waals surface area contributed by atoms with Crippen molar-refractivity contribution in [2.75, 3.05) is 16.7 Å². The Balaban J connectivity index is 1.94. The summed E-state index contributed by atoms with van der Waals surface area (Å²) < 4.78 is 89.7. The number of nitrogens with zero attached hydrogens (tertiary/aromatic N) is 3. The Morgan fingerprint density at radius 1 is 1.03 bits per heavy atom. The van der Waals surface area contributed by atoms with Gasteiger partial charge in [0.15, 0.2) is 0 Å². The molecule has 0 spiro atoms. The SMILES string of the molecule is CNS(=O)(=O)Nc1cnccc1CN1C(=O)N(c2ccc(S(=O)(=O)C(F)(F)F)cc2)C(=O)C1(C)C. The van der Waals surface area contributed by atoms with Crippen molar-refractivity contribution in [1.82, 2.24) is 14.6 Å². The van der Waals surface area contributed by atoms with Crippen molar-refractivity contribution >= 4 is 43.4 Å². The van der Waals surface area contributed by atoms with Gasteiger partial charge < -0.3 is 4.90 Å². The molecule has 16 heteroatoms. The van der Waals surface area contributed by atoms with Crippen molar-refractivity contribution in [2.45, 2.75) is 36.3 Å². The Morgan fingerprint density at radius 2 is 1.63 bits per heavy atom. The van der Waals surface area contributed by atoms with Crippen LogP contribution in [0.1, 0.15) is 19.4 Å². The van der Waals surface area contributed by atoms with Crippen LogP contribution >= 0.6 is 0 Å². The van der Waals surface area contributed by atoms with Gasteiger partial charge >= 0.3 is 11.5 Å². The molecule has 0 aliphatic carbocycles. The van der Waals surface area contributed by atoms with Crippen LogP contribution in [-0.4, -0.2) is 56.8 Å². The molecule has 3 amide bonds. The van der Waals surface area contributed by atoms with E-state index in [4.69, 9.17) is 0 Å². The summed E-state index contributed by atoms with van der Waals surface area (Å²) in [6, 6.07) is 3.76. The van der Waals surface area contributed by atoms with E-state index >= 15 is 0 Å². The van der Waals surface area contributed by atoms with E-state index in [2.05, 4.69) is 14.4 Å². The van der Waals surface area contributed by atoms with Gasteiger partial charge in [-0.05, 0) is 49.7 Å². The molecular weight excluding hydrogens is 515 g/mol. The van der Waals surface area contributed by atoms with Crippen LogP contribution in [0.5, 0.6) is 0 Å². The average Bonchev–Trinajstić information content (AvgIpc) is 2.93. The maximum Gasteiger partial charge on any atom is 0.501 e. The highest BCUT2D eigenvalue weighted by Crippen LogP contribution is 2.36. The molecule has 0 radical (unpaired) electrons. The molecule has 2 aromatic rings. The Hall–Kier alpha value is -3.24. The number of rotatable bonds is 7. The first-order chi connectivity index (χ1) is 16.0. The van der Waals surface area contributed by atoms with Gasteiger partial charge in [0.2, 0.25) is 0 Å². The fourth-order valence-electron chi connectivity index (χ4n) is 3.26. The minimum Gasteiger partial charge on any atom is -0.305 e. The number of aromatic nitrogens is 1. The van der Waals surface area contributed by atoms with E-state index < -0.39 is 47.9 Å². The molecule has 0 atom stereocenters. The molecule has 1 aliphatic rings. The number of halogens is 3. The Kier molecular flexibility index (Phi) is 6.60. The predicted molar refractivity (Wildman–Crippen MR) is 118 cm³/mol. The number of imide groups is 1. The highest BCUT2D eigenvalue weighted by Gasteiger charge is 2.52. The first-order valence-corrected chi connectivity index (χ1v) is 12.7. The topological polar surface area (TPSA) is 146 Å². The number of amides is 3. The number of anilines is 2. The lowest BCUT2D eigenvalue weighted by atomic mass is 10.0. The normalized spacial score (nSPS) is 16.6. The summed E-state index contributed by atoms with van der Waals surface area (Å²) in [6.07, 6.45) is 2.58. The average molecular weight is 536 g/mol. The molecule has 35 heavy (non-hydrogen) atoms. The Morgan fingerprint density at radius 3 is 2.17 bits per heavy atom. The van der Waals surface area contributed by atoms with Crippen molar-refractivity contribution < 1.29 is 39.6 Å². The summed E-state index contributed by atoms with van der Waals surface area (Å²) in [6.45, 7) is 2.65. The number of sulfone groups is 1. The van der Waals surface area contributed by atoms with E-state index in [1.54, 1.807) is 0 Å². The smallest absolute Gasteiger partial charge is 0.305 e. The molecular formula is C19H20F3N5O6S2. The molecule has 1 aromatic carbocycles. The third-order valence-electron chi connectivity index (χ3n) is 5.29. The van der Waals surface area contributed by atoms with Crippen LogP contribution in [0.25, 0.3) is 0 Å². The van der Waals surface area contributed by atoms with Crippen molar-refractivity contribution in [2.24, 2.45) is 0 Å². The summed E-state index contributed by atoms with van der Waals surface area (Å²) in [7, 11) is -8.33. The lowest BCUT2D eigenvalue weighted by Gasteiger charge is -2.28. The minimum atomic E-state index is -5.61. The fraction of sp³-hybridized carbons (Fsp3) is 0.316. The summed E-state index contributed by atoms with van der Waals surface area (Å²) in [5, 5.41) is 0. The predicted octanol–water partition coefficient (Wildman–Crippen LogP) is 2.00. The molecule has 0 unspecified atom stereocenters. The van der Waals surface area contributed by atoms with Crippen molar-refractivity contribution in [1.29, 1.82) is 0 Å². The van der Waals surface area contributed by atoms with Crippen LogP contribution in [0.15, 0.2) is 47.6 Å². The van der Waals surface area contributed by atoms with Crippen LogP contribution in [0, 0.1) is 0 Å². The van der Waals surface area contributed by atoms with Gasteiger partial charge in [-0.15, -0.1) is 0 Å². The van der Waals surface area contributed by atoms with Crippen LogP contribution in [-0.2, 0) is 31.4 Å². The zero-order valence-corrected chi connectivity index (χ0v) is 20.1. The fourth-order valence-corrected chi connectivity index (χ4v) is 4.59. The zero-order valence-electron chi connectivity index (χ0n) is 18.5. The summed E-state index contributed by atoms with van der Waals surface area (Å²) in [4.78, 5) is 30.9. The van der Waals surface area contributed by atoms with Crippen LogP contribution in [0.2, 0.25) is 0 Å². The summed E-state index contributed by atoms with van der Waals surface area (Å²) in [5.74, 6) is -0.722. The van der Waals surface area contributed by atoms with E-state index in [0.717, 1.165) is 17.0 Å². The van der Waals surface area contributed by atoms with E-state index in [1.165, 1.54) is 39.4 Å². The number of hydrogen-bond donors (Lipinski definition) is 2. The van der Waals surface area contributed by atoms with Crippen LogP contribution in [0.3, 0.4) is 0 Å². The molecule has 1 fully saturated rings. The maximum absolute atomic E-state index is 13.2. The first-order valence-electron chi connectivity index (χ1n) is 9.74. The van der Waals surface area contributed by atoms with E-state index in [0.29, 0.717) is 22.6 Å². The second-order valence-electron chi connectivity index (χ2n) is 7.85. The van der Waals surface area contributed by atoms with E-state index in [1.807, 2.05) is 0 Å². The van der Waals surface area contributed by atoms with Gasteiger partial charge in [-0.25, -0.2) is 22.8 Å². The molecule has 2 N–H and O–H groups in total. The molecule has 11 nitrogen and oxygen atoms in total. The van der Waals surface area contributed by atoms with Gasteiger partial charge in [0.1, 0.15) is 5.54 Å². The third-order valence-corrected chi connectivity index (χ3v) is 7.81. The molecule has 0 bridgehead atoms. The Bertz CT molecular complexity index is 1380. The van der Waals surface area contributed by atoms with Gasteiger partial charge in [0.25, 0.3) is 26.0 Å². The molecule has 1 aliphatic heterocycles. The third kappa shape index (κ3) is 4.81. The van der Waals surface area contributed by atoms with Gasteiger partial charge in [0.05, 0.1) is 29.0 Å². The summed E-state index contributed by atoms with van der Waals surface area (Å²) >= 11 is 0. The van der Waals surface area contributed by atoms with E-state index in [-0.39, 0.29) is 17.9 Å². The monoisotopic (exact) mass is 535 g/mol. The highest BCUT2D eigenvalue weighted by atomic mass is 32.2. The number of alkyl halides is 3. The first kappa shape index (κ1) is 26.4. The van der Waals surface area contributed by atoms with Crippen molar-refractivity contribution in [3.63, 3.8) is 0 Å². The number of carbonyl (C=O) groups is 2. The van der Waals surface area contributed by atoms with Crippen molar-refractivity contribution in [3.8, 4) is 0 Å². The quantitative estimate of drug-likeness (QED) is 0.516. The number of urea groups is 1.